The molecule has 1 aliphatic heterocycles. The van der Waals surface area contributed by atoms with Crippen LogP contribution in [0.2, 0.25) is 0 Å². The van der Waals surface area contributed by atoms with E-state index in [1.165, 1.54) is 24.3 Å². The van der Waals surface area contributed by atoms with E-state index in [2.05, 4.69) is 11.4 Å². The Morgan fingerprint density at radius 3 is 2.38 bits per heavy atom. The zero-order valence-corrected chi connectivity index (χ0v) is 19.5. The number of esters is 2. The number of benzene rings is 2. The fourth-order valence-corrected chi connectivity index (χ4v) is 4.30. The first-order chi connectivity index (χ1) is 16.0. The smallest absolute Gasteiger partial charge is 0.329 e. The lowest BCUT2D eigenvalue weighted by Crippen LogP contribution is -2.49. The standard InChI is InChI=1S/C25H27N3O6/c1-5-33-23(30)25(15-26)19(14-21(29)34-24(2,3)4)18-8-6-7-9-20(18)27-22(25)16-10-12-17(13-11-16)28(31)32/h6-13,19,22,27H,5,14H2,1-4H3/t19-,22+,25-/m1/s1. The topological polar surface area (TPSA) is 132 Å². The Morgan fingerprint density at radius 1 is 1.18 bits per heavy atom. The Morgan fingerprint density at radius 2 is 1.82 bits per heavy atom. The van der Waals surface area contributed by atoms with E-state index >= 15 is 0 Å². The minimum atomic E-state index is -1.84. The minimum absolute atomic E-state index is 0.0377. The Balaban J connectivity index is 2.20. The van der Waals surface area contributed by atoms with Crippen molar-refractivity contribution in [3.63, 3.8) is 0 Å². The molecule has 3 atom stereocenters. The zero-order valence-electron chi connectivity index (χ0n) is 19.5. The average molecular weight is 466 g/mol. The van der Waals surface area contributed by atoms with Gasteiger partial charge in [0.2, 0.25) is 0 Å². The lowest BCUT2D eigenvalue weighted by molar-refractivity contribution is -0.384. The van der Waals surface area contributed by atoms with Crippen molar-refractivity contribution in [3.8, 4) is 6.07 Å². The van der Waals surface area contributed by atoms with Gasteiger partial charge in [-0.25, -0.2) is 0 Å². The molecule has 0 radical (unpaired) electrons. The molecule has 2 aromatic rings. The van der Waals surface area contributed by atoms with E-state index in [9.17, 15) is 25.0 Å². The van der Waals surface area contributed by atoms with Crippen LogP contribution in [0.1, 0.15) is 57.2 Å². The van der Waals surface area contributed by atoms with Crippen molar-refractivity contribution in [2.45, 2.75) is 51.7 Å². The van der Waals surface area contributed by atoms with Crippen molar-refractivity contribution in [2.24, 2.45) is 5.41 Å². The summed E-state index contributed by atoms with van der Waals surface area (Å²) in [6, 6.07) is 14.0. The molecule has 1 aliphatic rings. The van der Waals surface area contributed by atoms with Crippen LogP contribution in [-0.4, -0.2) is 29.1 Å². The molecule has 2 aromatic carbocycles. The predicted octanol–water partition coefficient (Wildman–Crippen LogP) is 4.65. The first-order valence-electron chi connectivity index (χ1n) is 10.9. The second kappa shape index (κ2) is 9.51. The molecule has 0 bridgehead atoms. The number of hydrogen-bond donors (Lipinski definition) is 1. The van der Waals surface area contributed by atoms with Crippen LogP contribution in [0.3, 0.4) is 0 Å². The number of ether oxygens (including phenoxy) is 2. The monoisotopic (exact) mass is 465 g/mol. The molecule has 0 fully saturated rings. The van der Waals surface area contributed by atoms with Gasteiger partial charge in [0.15, 0.2) is 5.41 Å². The van der Waals surface area contributed by atoms with Crippen LogP contribution >= 0.6 is 0 Å². The van der Waals surface area contributed by atoms with Gasteiger partial charge in [-0.05, 0) is 44.9 Å². The maximum atomic E-state index is 13.5. The van der Waals surface area contributed by atoms with E-state index in [0.29, 0.717) is 16.8 Å². The van der Waals surface area contributed by atoms with E-state index < -0.39 is 39.8 Å². The molecule has 0 saturated carbocycles. The Hall–Kier alpha value is -3.93. The summed E-state index contributed by atoms with van der Waals surface area (Å²) >= 11 is 0. The van der Waals surface area contributed by atoms with Gasteiger partial charge in [0.25, 0.3) is 5.69 Å². The second-order valence-corrected chi connectivity index (χ2v) is 9.06. The fraction of sp³-hybridized carbons (Fsp3) is 0.400. The number of carbonyl (C=O) groups is 2. The predicted molar refractivity (Wildman–Crippen MR) is 124 cm³/mol. The molecule has 34 heavy (non-hydrogen) atoms. The maximum Gasteiger partial charge on any atom is 0.329 e. The summed E-state index contributed by atoms with van der Waals surface area (Å²) < 4.78 is 10.9. The Bertz CT molecular complexity index is 1130. The van der Waals surface area contributed by atoms with Crippen LogP contribution < -0.4 is 5.32 Å². The molecule has 0 aromatic heterocycles. The van der Waals surface area contributed by atoms with E-state index in [-0.39, 0.29) is 18.7 Å². The van der Waals surface area contributed by atoms with Crippen LogP contribution in [0.25, 0.3) is 0 Å². The normalized spacial score (nSPS) is 21.4. The van der Waals surface area contributed by atoms with Gasteiger partial charge >= 0.3 is 11.9 Å². The number of non-ortho nitro benzene ring substituents is 1. The molecule has 9 heteroatoms. The Kier molecular flexibility index (Phi) is 6.91. The molecule has 0 aliphatic carbocycles. The molecule has 9 nitrogen and oxygen atoms in total. The summed E-state index contributed by atoms with van der Waals surface area (Å²) in [5.41, 5.74) is -0.971. The number of nitrogens with zero attached hydrogens (tertiary/aromatic N) is 2. The van der Waals surface area contributed by atoms with Gasteiger partial charge < -0.3 is 14.8 Å². The highest BCUT2D eigenvalue weighted by Gasteiger charge is 2.58. The molecular weight excluding hydrogens is 438 g/mol. The van der Waals surface area contributed by atoms with Crippen LogP contribution in [0.4, 0.5) is 11.4 Å². The molecular formula is C25H27N3O6. The largest absolute Gasteiger partial charge is 0.465 e. The number of nitro benzene ring substituents is 1. The van der Waals surface area contributed by atoms with Gasteiger partial charge in [-0.15, -0.1) is 0 Å². The third kappa shape index (κ3) is 4.71. The van der Waals surface area contributed by atoms with E-state index in [4.69, 9.17) is 9.47 Å². The summed E-state index contributed by atoms with van der Waals surface area (Å²) in [5, 5.41) is 24.9. The molecule has 0 unspecified atom stereocenters. The van der Waals surface area contributed by atoms with Gasteiger partial charge in [0.1, 0.15) is 5.60 Å². The quantitative estimate of drug-likeness (QED) is 0.370. The third-order valence-electron chi connectivity index (χ3n) is 5.67. The highest BCUT2D eigenvalue weighted by Crippen LogP contribution is 2.55. The first kappa shape index (κ1) is 24.7. The summed E-state index contributed by atoms with van der Waals surface area (Å²) in [5.74, 6) is -2.22. The first-order valence-corrected chi connectivity index (χ1v) is 10.9. The second-order valence-electron chi connectivity index (χ2n) is 9.06. The molecule has 0 saturated heterocycles. The lowest BCUT2D eigenvalue weighted by atomic mass is 9.62. The van der Waals surface area contributed by atoms with E-state index in [0.717, 1.165) is 0 Å². The highest BCUT2D eigenvalue weighted by molar-refractivity contribution is 5.87. The molecule has 0 spiro atoms. The van der Waals surface area contributed by atoms with Crippen LogP contribution in [0, 0.1) is 26.9 Å². The SMILES string of the molecule is CCOC(=O)[C@]1(C#N)[C@H](CC(=O)OC(C)(C)C)c2ccccc2N[C@H]1c1ccc([N+](=O)[O-])cc1. The van der Waals surface area contributed by atoms with E-state index in [1.807, 2.05) is 0 Å². The fourth-order valence-electron chi connectivity index (χ4n) is 4.30. The van der Waals surface area contributed by atoms with Gasteiger partial charge in [-0.1, -0.05) is 30.3 Å². The number of anilines is 1. The lowest BCUT2D eigenvalue weighted by Gasteiger charge is -2.44. The summed E-state index contributed by atoms with van der Waals surface area (Å²) in [7, 11) is 0. The highest BCUT2D eigenvalue weighted by atomic mass is 16.6. The number of fused-ring (bicyclic) bond motifs is 1. The van der Waals surface area contributed by atoms with Crippen LogP contribution in [-0.2, 0) is 19.1 Å². The number of hydrogen-bond acceptors (Lipinski definition) is 8. The summed E-state index contributed by atoms with van der Waals surface area (Å²) in [4.78, 5) is 37.0. The van der Waals surface area contributed by atoms with Crippen molar-refractivity contribution in [1.29, 1.82) is 5.26 Å². The van der Waals surface area contributed by atoms with Crippen molar-refractivity contribution in [2.75, 3.05) is 11.9 Å². The van der Waals surface area contributed by atoms with E-state index in [1.54, 1.807) is 52.0 Å². The summed E-state index contributed by atoms with van der Waals surface area (Å²) in [6.07, 6.45) is -0.230. The van der Waals surface area contributed by atoms with Gasteiger partial charge in [-0.2, -0.15) is 5.26 Å². The number of nitriles is 1. The number of rotatable bonds is 6. The van der Waals surface area contributed by atoms with Gasteiger partial charge in [0.05, 0.1) is 30.1 Å². The van der Waals surface area contributed by atoms with Crippen LogP contribution in [0.5, 0.6) is 0 Å². The summed E-state index contributed by atoms with van der Waals surface area (Å²) in [6.45, 7) is 6.89. The van der Waals surface area contributed by atoms with Gasteiger partial charge in [-0.3, -0.25) is 19.7 Å². The zero-order chi connectivity index (χ0) is 25.1. The van der Waals surface area contributed by atoms with Crippen molar-refractivity contribution < 1.29 is 24.0 Å². The van der Waals surface area contributed by atoms with Crippen molar-refractivity contribution in [3.05, 3.63) is 69.8 Å². The molecule has 1 N–H and O–H groups in total. The number of nitro groups is 1. The number of para-hydroxylation sites is 1. The molecule has 178 valence electrons. The van der Waals surface area contributed by atoms with Crippen molar-refractivity contribution in [1.82, 2.24) is 0 Å². The Labute approximate surface area is 197 Å². The minimum Gasteiger partial charge on any atom is -0.465 e. The number of carbonyl (C=O) groups excluding carboxylic acids is 2. The maximum absolute atomic E-state index is 13.5. The molecule has 0 amide bonds. The molecule has 3 rings (SSSR count). The average Bonchev–Trinajstić information content (AvgIpc) is 2.78. The van der Waals surface area contributed by atoms with Gasteiger partial charge in [0, 0.05) is 23.7 Å². The third-order valence-corrected chi connectivity index (χ3v) is 5.67. The van der Waals surface area contributed by atoms with Crippen molar-refractivity contribution >= 4 is 23.3 Å². The number of nitrogens with one attached hydrogen (secondary N) is 1. The van der Waals surface area contributed by atoms with Crippen LogP contribution in [0.15, 0.2) is 48.5 Å². The molecule has 1 heterocycles.